The highest BCUT2D eigenvalue weighted by Gasteiger charge is 2.11. The van der Waals surface area contributed by atoms with Gasteiger partial charge >= 0.3 is 0 Å². The second kappa shape index (κ2) is 5.82. The van der Waals surface area contributed by atoms with Crippen molar-refractivity contribution in [3.63, 3.8) is 0 Å². The molecular weight excluding hydrogens is 210 g/mol. The van der Waals surface area contributed by atoms with E-state index >= 15 is 0 Å². The third-order valence-corrected chi connectivity index (χ3v) is 2.96. The number of aromatic nitrogens is 1. The maximum atomic E-state index is 11.5. The van der Waals surface area contributed by atoms with Gasteiger partial charge < -0.3 is 11.1 Å². The molecule has 0 aromatic carbocycles. The number of nitrogens with zero attached hydrogens (tertiary/aromatic N) is 1. The molecule has 0 fully saturated rings. The molecule has 1 unspecified atom stereocenters. The largest absolute Gasteiger partial charge is 0.350 e. The highest BCUT2D eigenvalue weighted by Crippen LogP contribution is 2.10. The van der Waals surface area contributed by atoms with Crippen LogP contribution in [0.15, 0.2) is 6.20 Å². The number of nitrogens with two attached hydrogens (primary N) is 1. The summed E-state index contributed by atoms with van der Waals surface area (Å²) in [5.41, 5.74) is 5.67. The standard InChI is InChI=1S/C10H17N3OS/c1-3-4-9(11)10(14)13-6-8-5-12-7(2)15-8/h5,9H,3-4,6,11H2,1-2H3,(H,13,14). The van der Waals surface area contributed by atoms with Crippen molar-refractivity contribution in [1.29, 1.82) is 0 Å². The average molecular weight is 227 g/mol. The Balaban J connectivity index is 2.34. The molecule has 1 amide bonds. The second-order valence-corrected chi connectivity index (χ2v) is 4.78. The Morgan fingerprint density at radius 3 is 3.00 bits per heavy atom. The van der Waals surface area contributed by atoms with Gasteiger partial charge in [0.05, 0.1) is 17.6 Å². The normalized spacial score (nSPS) is 12.5. The van der Waals surface area contributed by atoms with Gasteiger partial charge in [-0.05, 0) is 13.3 Å². The number of hydrogen-bond donors (Lipinski definition) is 2. The Hall–Kier alpha value is -0.940. The van der Waals surface area contributed by atoms with Crippen LogP contribution in [-0.2, 0) is 11.3 Å². The van der Waals surface area contributed by atoms with Crippen LogP contribution in [0, 0.1) is 6.92 Å². The van der Waals surface area contributed by atoms with Crippen molar-refractivity contribution in [1.82, 2.24) is 10.3 Å². The molecule has 4 nitrogen and oxygen atoms in total. The van der Waals surface area contributed by atoms with Gasteiger partial charge in [0, 0.05) is 11.1 Å². The number of thiazole rings is 1. The van der Waals surface area contributed by atoms with E-state index in [2.05, 4.69) is 10.3 Å². The van der Waals surface area contributed by atoms with E-state index in [1.807, 2.05) is 13.8 Å². The number of aryl methyl sites for hydroxylation is 1. The summed E-state index contributed by atoms with van der Waals surface area (Å²) in [6.45, 7) is 4.49. The van der Waals surface area contributed by atoms with Crippen LogP contribution in [0.2, 0.25) is 0 Å². The fourth-order valence-corrected chi connectivity index (χ4v) is 1.97. The van der Waals surface area contributed by atoms with Gasteiger partial charge in [-0.2, -0.15) is 0 Å². The predicted molar refractivity (Wildman–Crippen MR) is 61.6 cm³/mol. The SMILES string of the molecule is CCCC(N)C(=O)NCc1cnc(C)s1. The lowest BCUT2D eigenvalue weighted by atomic mass is 10.2. The van der Waals surface area contributed by atoms with Gasteiger partial charge in [0.25, 0.3) is 0 Å². The number of rotatable bonds is 5. The molecule has 3 N–H and O–H groups in total. The van der Waals surface area contributed by atoms with Crippen LogP contribution in [0.1, 0.15) is 29.7 Å². The maximum Gasteiger partial charge on any atom is 0.237 e. The maximum absolute atomic E-state index is 11.5. The van der Waals surface area contributed by atoms with Gasteiger partial charge in [-0.1, -0.05) is 13.3 Å². The summed E-state index contributed by atoms with van der Waals surface area (Å²) in [6, 6.07) is -0.385. The number of carbonyl (C=O) groups is 1. The number of carbonyl (C=O) groups excluding carboxylic acids is 1. The highest BCUT2D eigenvalue weighted by atomic mass is 32.1. The Morgan fingerprint density at radius 2 is 2.47 bits per heavy atom. The molecule has 0 aliphatic heterocycles. The zero-order chi connectivity index (χ0) is 11.3. The second-order valence-electron chi connectivity index (χ2n) is 3.46. The molecule has 0 aliphatic carbocycles. The summed E-state index contributed by atoms with van der Waals surface area (Å²) < 4.78 is 0. The van der Waals surface area contributed by atoms with E-state index < -0.39 is 0 Å². The van der Waals surface area contributed by atoms with Crippen LogP contribution >= 0.6 is 11.3 Å². The van der Waals surface area contributed by atoms with Crippen LogP contribution < -0.4 is 11.1 Å². The molecule has 15 heavy (non-hydrogen) atoms. The lowest BCUT2D eigenvalue weighted by Crippen LogP contribution is -2.39. The summed E-state index contributed by atoms with van der Waals surface area (Å²) in [5, 5.41) is 3.81. The molecule has 0 saturated heterocycles. The van der Waals surface area contributed by atoms with Crippen molar-refractivity contribution < 1.29 is 4.79 Å². The van der Waals surface area contributed by atoms with Gasteiger partial charge in [-0.25, -0.2) is 4.98 Å². The Labute approximate surface area is 93.9 Å². The van der Waals surface area contributed by atoms with E-state index in [-0.39, 0.29) is 11.9 Å². The fourth-order valence-electron chi connectivity index (χ4n) is 1.23. The van der Waals surface area contributed by atoms with Gasteiger partial charge in [0.15, 0.2) is 0 Å². The van der Waals surface area contributed by atoms with Crippen molar-refractivity contribution in [2.45, 2.75) is 39.3 Å². The van der Waals surface area contributed by atoms with E-state index in [0.717, 1.165) is 22.7 Å². The highest BCUT2D eigenvalue weighted by molar-refractivity contribution is 7.11. The minimum atomic E-state index is -0.385. The third kappa shape index (κ3) is 3.97. The van der Waals surface area contributed by atoms with Crippen molar-refractivity contribution in [3.8, 4) is 0 Å². The van der Waals surface area contributed by atoms with Gasteiger partial charge in [-0.15, -0.1) is 11.3 Å². The van der Waals surface area contributed by atoms with Crippen molar-refractivity contribution in [2.24, 2.45) is 5.73 Å². The first-order chi connectivity index (χ1) is 7.13. The minimum absolute atomic E-state index is 0.0806. The van der Waals surface area contributed by atoms with Gasteiger partial charge in [-0.3, -0.25) is 4.79 Å². The lowest BCUT2D eigenvalue weighted by molar-refractivity contribution is -0.122. The molecule has 1 heterocycles. The van der Waals surface area contributed by atoms with Crippen LogP contribution in [0.25, 0.3) is 0 Å². The first-order valence-corrected chi connectivity index (χ1v) is 5.89. The van der Waals surface area contributed by atoms with Crippen molar-refractivity contribution in [3.05, 3.63) is 16.1 Å². The molecule has 0 bridgehead atoms. The van der Waals surface area contributed by atoms with E-state index in [9.17, 15) is 4.79 Å². The number of hydrogen-bond acceptors (Lipinski definition) is 4. The summed E-state index contributed by atoms with van der Waals surface area (Å²) in [7, 11) is 0. The van der Waals surface area contributed by atoms with E-state index in [4.69, 9.17) is 5.73 Å². The summed E-state index contributed by atoms with van der Waals surface area (Å²) in [4.78, 5) is 16.6. The summed E-state index contributed by atoms with van der Waals surface area (Å²) >= 11 is 1.59. The van der Waals surface area contributed by atoms with Crippen LogP contribution in [0.5, 0.6) is 0 Å². The zero-order valence-electron chi connectivity index (χ0n) is 9.12. The van der Waals surface area contributed by atoms with Crippen molar-refractivity contribution >= 4 is 17.2 Å². The average Bonchev–Trinajstić information content (AvgIpc) is 2.61. The van der Waals surface area contributed by atoms with Gasteiger partial charge in [0.2, 0.25) is 5.91 Å². The zero-order valence-corrected chi connectivity index (χ0v) is 9.93. The van der Waals surface area contributed by atoms with Crippen LogP contribution in [-0.4, -0.2) is 16.9 Å². The molecule has 1 aromatic rings. The fraction of sp³-hybridized carbons (Fsp3) is 0.600. The molecular formula is C10H17N3OS. The molecule has 0 spiro atoms. The minimum Gasteiger partial charge on any atom is -0.350 e. The molecule has 84 valence electrons. The first-order valence-electron chi connectivity index (χ1n) is 5.08. The van der Waals surface area contributed by atoms with Gasteiger partial charge in [0.1, 0.15) is 0 Å². The Kier molecular flexibility index (Phi) is 4.71. The Morgan fingerprint density at radius 1 is 1.73 bits per heavy atom. The van der Waals surface area contributed by atoms with Crippen LogP contribution in [0.4, 0.5) is 0 Å². The number of nitrogens with one attached hydrogen (secondary N) is 1. The molecule has 1 aromatic heterocycles. The topological polar surface area (TPSA) is 68.0 Å². The molecule has 0 radical (unpaired) electrons. The first kappa shape index (κ1) is 12.1. The molecule has 1 rings (SSSR count). The van der Waals surface area contributed by atoms with E-state index in [1.54, 1.807) is 17.5 Å². The predicted octanol–water partition coefficient (Wildman–Crippen LogP) is 1.20. The molecule has 5 heteroatoms. The van der Waals surface area contributed by atoms with E-state index in [1.165, 1.54) is 0 Å². The number of amides is 1. The smallest absolute Gasteiger partial charge is 0.237 e. The quantitative estimate of drug-likeness (QED) is 0.794. The summed E-state index contributed by atoms with van der Waals surface area (Å²) in [6.07, 6.45) is 3.44. The Bertz CT molecular complexity index is 324. The monoisotopic (exact) mass is 227 g/mol. The molecule has 0 aliphatic rings. The lowest BCUT2D eigenvalue weighted by Gasteiger charge is -2.09. The third-order valence-electron chi connectivity index (χ3n) is 2.04. The molecule has 1 atom stereocenters. The molecule has 0 saturated carbocycles. The van der Waals surface area contributed by atoms with Crippen LogP contribution in [0.3, 0.4) is 0 Å². The van der Waals surface area contributed by atoms with E-state index in [0.29, 0.717) is 6.54 Å². The van der Waals surface area contributed by atoms with Crippen molar-refractivity contribution in [2.75, 3.05) is 0 Å². The summed E-state index contributed by atoms with van der Waals surface area (Å²) in [5.74, 6) is -0.0806.